The zero-order chi connectivity index (χ0) is 12.7. The highest BCUT2D eigenvalue weighted by Gasteiger charge is 2.05. The van der Waals surface area contributed by atoms with Crippen molar-refractivity contribution in [3.63, 3.8) is 0 Å². The number of nitrogens with one attached hydrogen (secondary N) is 1. The van der Waals surface area contributed by atoms with E-state index in [0.29, 0.717) is 38.5 Å². The van der Waals surface area contributed by atoms with Crippen LogP contribution >= 0.6 is 0 Å². The van der Waals surface area contributed by atoms with Gasteiger partial charge in [-0.2, -0.15) is 0 Å². The lowest BCUT2D eigenvalue weighted by atomic mass is 10.2. The Morgan fingerprint density at radius 3 is 2.65 bits per heavy atom. The third-order valence-electron chi connectivity index (χ3n) is 2.54. The van der Waals surface area contributed by atoms with Crippen molar-refractivity contribution in [2.24, 2.45) is 0 Å². The molecule has 0 unspecified atom stereocenters. The van der Waals surface area contributed by atoms with E-state index in [4.69, 9.17) is 9.47 Å². The maximum absolute atomic E-state index is 11.7. The predicted molar refractivity (Wildman–Crippen MR) is 65.4 cm³/mol. The smallest absolute Gasteiger partial charge is 0.254 e. The average Bonchev–Trinajstić information content (AvgIpc) is 2.28. The van der Waals surface area contributed by atoms with Gasteiger partial charge in [-0.05, 0) is 13.3 Å². The Labute approximate surface area is 101 Å². The van der Waals surface area contributed by atoms with E-state index in [-0.39, 0.29) is 5.56 Å². The molecule has 0 aliphatic carbocycles. The largest absolute Gasteiger partial charge is 0.382 e. The van der Waals surface area contributed by atoms with Crippen LogP contribution in [-0.4, -0.2) is 36.9 Å². The molecule has 0 bridgehead atoms. The average molecular weight is 240 g/mol. The number of nitrogens with zero attached hydrogens (tertiary/aromatic N) is 1. The van der Waals surface area contributed by atoms with Crippen LogP contribution in [0.5, 0.6) is 0 Å². The monoisotopic (exact) mass is 240 g/mol. The Hall–Kier alpha value is -1.20. The number of rotatable bonds is 7. The summed E-state index contributed by atoms with van der Waals surface area (Å²) in [4.78, 5) is 18.8. The van der Waals surface area contributed by atoms with Gasteiger partial charge in [0.2, 0.25) is 0 Å². The van der Waals surface area contributed by atoms with Gasteiger partial charge in [0.1, 0.15) is 5.82 Å². The molecule has 1 heterocycles. The van der Waals surface area contributed by atoms with Crippen molar-refractivity contribution in [2.45, 2.75) is 26.7 Å². The Bertz CT molecular complexity index is 401. The molecule has 1 aromatic heterocycles. The van der Waals surface area contributed by atoms with Crippen LogP contribution in [-0.2, 0) is 22.3 Å². The van der Waals surface area contributed by atoms with Crippen molar-refractivity contribution in [1.82, 2.24) is 9.97 Å². The second-order valence-electron chi connectivity index (χ2n) is 3.79. The first-order valence-electron chi connectivity index (χ1n) is 5.84. The van der Waals surface area contributed by atoms with Crippen molar-refractivity contribution >= 4 is 0 Å². The standard InChI is InChI=1S/C12H20N2O3/c1-4-10-9(2)13-11(14-12(10)15)5-6-17-8-7-16-3/h4-8H2,1-3H3,(H,13,14,15). The first kappa shape index (κ1) is 13.9. The molecule has 0 radical (unpaired) electrons. The summed E-state index contributed by atoms with van der Waals surface area (Å²) < 4.78 is 10.2. The molecule has 0 atom stereocenters. The Balaban J connectivity index is 2.52. The van der Waals surface area contributed by atoms with E-state index in [2.05, 4.69) is 9.97 Å². The Morgan fingerprint density at radius 1 is 1.29 bits per heavy atom. The second-order valence-corrected chi connectivity index (χ2v) is 3.79. The summed E-state index contributed by atoms with van der Waals surface area (Å²) in [6.07, 6.45) is 1.32. The molecule has 5 nitrogen and oxygen atoms in total. The van der Waals surface area contributed by atoms with E-state index < -0.39 is 0 Å². The van der Waals surface area contributed by atoms with Crippen LogP contribution in [0.1, 0.15) is 24.0 Å². The summed E-state index contributed by atoms with van der Waals surface area (Å²) in [5.74, 6) is 0.683. The minimum atomic E-state index is -0.0353. The van der Waals surface area contributed by atoms with E-state index in [0.717, 1.165) is 11.3 Å². The first-order valence-corrected chi connectivity index (χ1v) is 5.84. The molecule has 5 heteroatoms. The lowest BCUT2D eigenvalue weighted by Gasteiger charge is -2.06. The highest BCUT2D eigenvalue weighted by atomic mass is 16.5. The molecule has 0 fully saturated rings. The third kappa shape index (κ3) is 4.28. The summed E-state index contributed by atoms with van der Waals surface area (Å²) in [5.41, 5.74) is 1.53. The van der Waals surface area contributed by atoms with Crippen LogP contribution in [0.25, 0.3) is 0 Å². The first-order chi connectivity index (χ1) is 8.19. The van der Waals surface area contributed by atoms with E-state index in [1.54, 1.807) is 7.11 Å². The summed E-state index contributed by atoms with van der Waals surface area (Å²) in [6.45, 7) is 5.50. The van der Waals surface area contributed by atoms with Gasteiger partial charge in [0.15, 0.2) is 0 Å². The van der Waals surface area contributed by atoms with Crippen LogP contribution in [0, 0.1) is 6.92 Å². The maximum atomic E-state index is 11.7. The van der Waals surface area contributed by atoms with Crippen molar-refractivity contribution in [2.75, 3.05) is 26.9 Å². The lowest BCUT2D eigenvalue weighted by Crippen LogP contribution is -2.19. The number of H-pyrrole nitrogens is 1. The molecule has 0 amide bonds. The van der Waals surface area contributed by atoms with Gasteiger partial charge in [0.05, 0.1) is 19.8 Å². The molecule has 17 heavy (non-hydrogen) atoms. The molecule has 0 aliphatic rings. The summed E-state index contributed by atoms with van der Waals surface area (Å²) in [7, 11) is 1.63. The number of aromatic amines is 1. The maximum Gasteiger partial charge on any atom is 0.254 e. The van der Waals surface area contributed by atoms with Crippen molar-refractivity contribution in [3.8, 4) is 0 Å². The number of methoxy groups -OCH3 is 1. The number of aryl methyl sites for hydroxylation is 1. The molecule has 0 saturated heterocycles. The van der Waals surface area contributed by atoms with Crippen LogP contribution in [0.15, 0.2) is 4.79 Å². The predicted octanol–water partition coefficient (Wildman–Crippen LogP) is 0.846. The van der Waals surface area contributed by atoms with Crippen LogP contribution in [0.3, 0.4) is 0 Å². The topological polar surface area (TPSA) is 64.2 Å². The van der Waals surface area contributed by atoms with E-state index >= 15 is 0 Å². The number of ether oxygens (including phenoxy) is 2. The van der Waals surface area contributed by atoms with Gasteiger partial charge in [0.25, 0.3) is 5.56 Å². The zero-order valence-corrected chi connectivity index (χ0v) is 10.7. The van der Waals surface area contributed by atoms with Gasteiger partial charge in [-0.3, -0.25) is 4.79 Å². The molecule has 1 aromatic rings. The minimum absolute atomic E-state index is 0.0353. The molecule has 0 spiro atoms. The molecule has 0 aromatic carbocycles. The zero-order valence-electron chi connectivity index (χ0n) is 10.7. The van der Waals surface area contributed by atoms with E-state index in [9.17, 15) is 4.79 Å². The lowest BCUT2D eigenvalue weighted by molar-refractivity contribution is 0.0716. The fraction of sp³-hybridized carbons (Fsp3) is 0.667. The molecule has 0 aliphatic heterocycles. The number of hydrogen-bond acceptors (Lipinski definition) is 4. The van der Waals surface area contributed by atoms with Crippen molar-refractivity contribution in [1.29, 1.82) is 0 Å². The Kier molecular flexibility index (Phi) is 5.86. The van der Waals surface area contributed by atoms with Crippen molar-refractivity contribution in [3.05, 3.63) is 27.4 Å². The quantitative estimate of drug-likeness (QED) is 0.717. The molecule has 96 valence electrons. The third-order valence-corrected chi connectivity index (χ3v) is 2.54. The highest BCUT2D eigenvalue weighted by Crippen LogP contribution is 2.00. The fourth-order valence-corrected chi connectivity index (χ4v) is 1.62. The van der Waals surface area contributed by atoms with Gasteiger partial charge < -0.3 is 14.5 Å². The van der Waals surface area contributed by atoms with Gasteiger partial charge in [0, 0.05) is 24.8 Å². The van der Waals surface area contributed by atoms with Crippen LogP contribution in [0.2, 0.25) is 0 Å². The number of hydrogen-bond donors (Lipinski definition) is 1. The number of aromatic nitrogens is 2. The molecule has 1 rings (SSSR count). The summed E-state index contributed by atoms with van der Waals surface area (Å²) in [5, 5.41) is 0. The van der Waals surface area contributed by atoms with Gasteiger partial charge in [-0.15, -0.1) is 0 Å². The summed E-state index contributed by atoms with van der Waals surface area (Å²) in [6, 6.07) is 0. The van der Waals surface area contributed by atoms with Gasteiger partial charge in [-0.1, -0.05) is 6.92 Å². The highest BCUT2D eigenvalue weighted by molar-refractivity contribution is 5.16. The molecule has 0 saturated carbocycles. The Morgan fingerprint density at radius 2 is 2.06 bits per heavy atom. The normalized spacial score (nSPS) is 10.8. The molecular formula is C12H20N2O3. The van der Waals surface area contributed by atoms with Gasteiger partial charge in [-0.25, -0.2) is 4.98 Å². The van der Waals surface area contributed by atoms with Gasteiger partial charge >= 0.3 is 0 Å². The van der Waals surface area contributed by atoms with E-state index in [1.807, 2.05) is 13.8 Å². The van der Waals surface area contributed by atoms with E-state index in [1.165, 1.54) is 0 Å². The molecular weight excluding hydrogens is 220 g/mol. The van der Waals surface area contributed by atoms with Crippen LogP contribution in [0.4, 0.5) is 0 Å². The van der Waals surface area contributed by atoms with Crippen LogP contribution < -0.4 is 5.56 Å². The van der Waals surface area contributed by atoms with Crippen molar-refractivity contribution < 1.29 is 9.47 Å². The minimum Gasteiger partial charge on any atom is -0.382 e. The second kappa shape index (κ2) is 7.19. The SMILES string of the molecule is CCc1c(C)nc(CCOCCOC)[nH]c1=O. The molecule has 1 N–H and O–H groups in total. The fourth-order valence-electron chi connectivity index (χ4n) is 1.62. The summed E-state index contributed by atoms with van der Waals surface area (Å²) >= 11 is 0.